The number of fused-ring (bicyclic) bond motifs is 1. The van der Waals surface area contributed by atoms with Gasteiger partial charge in [0.1, 0.15) is 0 Å². The molecule has 2 unspecified atom stereocenters. The molecule has 3 aromatic rings. The fourth-order valence-corrected chi connectivity index (χ4v) is 8.49. The van der Waals surface area contributed by atoms with E-state index in [1.54, 1.807) is 24.3 Å². The van der Waals surface area contributed by atoms with E-state index in [4.69, 9.17) is 0 Å². The van der Waals surface area contributed by atoms with Gasteiger partial charge in [0.15, 0.2) is 0 Å². The number of hydrogen-bond acceptors (Lipinski definition) is 4. The molecule has 0 saturated carbocycles. The molecule has 3 aromatic carbocycles. The van der Waals surface area contributed by atoms with Crippen LogP contribution in [0.2, 0.25) is 0 Å². The van der Waals surface area contributed by atoms with Crippen LogP contribution in [0.3, 0.4) is 0 Å². The molecule has 1 aliphatic rings. The molecule has 34 heavy (non-hydrogen) atoms. The van der Waals surface area contributed by atoms with Crippen LogP contribution >= 0.6 is 0 Å². The summed E-state index contributed by atoms with van der Waals surface area (Å²) in [7, 11) is -9.40. The first-order chi connectivity index (χ1) is 16.0. The zero-order chi connectivity index (χ0) is 24.6. The SMILES string of the molecule is O=S(=O)(c1ccccc1)N(C1CCc2ccccc2C(C(F)(F)F)C1)S(=O)(=O)c1ccccc1. The van der Waals surface area contributed by atoms with Crippen LogP contribution in [0.1, 0.15) is 29.9 Å². The summed E-state index contributed by atoms with van der Waals surface area (Å²) >= 11 is 0. The van der Waals surface area contributed by atoms with Gasteiger partial charge in [-0.25, -0.2) is 16.8 Å². The van der Waals surface area contributed by atoms with Gasteiger partial charge in [0.05, 0.1) is 15.7 Å². The largest absolute Gasteiger partial charge is 0.395 e. The molecule has 0 amide bonds. The molecule has 2 atom stereocenters. The minimum absolute atomic E-state index is 0.0478. The number of sulfonamides is 2. The van der Waals surface area contributed by atoms with Gasteiger partial charge >= 0.3 is 6.18 Å². The minimum atomic E-state index is -4.70. The van der Waals surface area contributed by atoms with E-state index in [-0.39, 0.29) is 28.2 Å². The highest BCUT2D eigenvalue weighted by Gasteiger charge is 2.49. The van der Waals surface area contributed by atoms with Crippen molar-refractivity contribution >= 4 is 20.0 Å². The van der Waals surface area contributed by atoms with E-state index in [0.29, 0.717) is 9.27 Å². The van der Waals surface area contributed by atoms with E-state index in [2.05, 4.69) is 0 Å². The van der Waals surface area contributed by atoms with Gasteiger partial charge in [-0.1, -0.05) is 64.4 Å². The van der Waals surface area contributed by atoms with Crippen LogP contribution in [0.25, 0.3) is 0 Å². The number of halogens is 3. The van der Waals surface area contributed by atoms with Gasteiger partial charge in [0, 0.05) is 6.04 Å². The summed E-state index contributed by atoms with van der Waals surface area (Å²) in [5.41, 5.74) is 0.480. The van der Waals surface area contributed by atoms with Gasteiger partial charge in [0.25, 0.3) is 20.0 Å². The van der Waals surface area contributed by atoms with Crippen molar-refractivity contribution in [2.45, 2.75) is 47.2 Å². The molecule has 0 aromatic heterocycles. The Balaban J connectivity index is 1.89. The monoisotopic (exact) mass is 509 g/mol. The van der Waals surface area contributed by atoms with E-state index in [1.807, 2.05) is 0 Å². The molecule has 0 spiro atoms. The summed E-state index contributed by atoms with van der Waals surface area (Å²) in [6.07, 6.45) is -5.36. The Morgan fingerprint density at radius 2 is 1.18 bits per heavy atom. The van der Waals surface area contributed by atoms with Crippen molar-refractivity contribution in [1.29, 1.82) is 0 Å². The van der Waals surface area contributed by atoms with Crippen LogP contribution in [0.5, 0.6) is 0 Å². The molecule has 0 bridgehead atoms. The number of hydrogen-bond donors (Lipinski definition) is 0. The third-order valence-electron chi connectivity index (χ3n) is 5.93. The second-order valence-corrected chi connectivity index (χ2v) is 11.9. The van der Waals surface area contributed by atoms with Gasteiger partial charge < -0.3 is 0 Å². The molecular weight excluding hydrogens is 487 g/mol. The molecule has 0 aliphatic heterocycles. The lowest BCUT2D eigenvalue weighted by atomic mass is 9.91. The second kappa shape index (κ2) is 9.16. The Bertz CT molecular complexity index is 1290. The summed E-state index contributed by atoms with van der Waals surface area (Å²) in [4.78, 5) is -0.611. The second-order valence-electron chi connectivity index (χ2n) is 8.08. The quantitative estimate of drug-likeness (QED) is 0.448. The van der Waals surface area contributed by atoms with E-state index < -0.39 is 44.6 Å². The first kappa shape index (κ1) is 24.4. The van der Waals surface area contributed by atoms with Gasteiger partial charge in [-0.05, 0) is 54.7 Å². The van der Waals surface area contributed by atoms with Crippen molar-refractivity contribution in [3.8, 4) is 0 Å². The lowest BCUT2D eigenvalue weighted by Crippen LogP contribution is -2.45. The molecule has 5 nitrogen and oxygen atoms in total. The summed E-state index contributed by atoms with van der Waals surface area (Å²) < 4.78 is 97.4. The highest BCUT2D eigenvalue weighted by molar-refractivity contribution is 8.04. The van der Waals surface area contributed by atoms with Crippen LogP contribution < -0.4 is 0 Å². The third-order valence-corrected chi connectivity index (χ3v) is 10.4. The standard InChI is InChI=1S/C24H22F3NO4S2/c25-24(26,27)23-17-19(16-15-18-9-7-8-14-22(18)23)28(33(29,30)20-10-3-1-4-11-20)34(31,32)21-12-5-2-6-13-21/h1-14,19,23H,15-17H2. The molecule has 0 heterocycles. The Labute approximate surface area is 197 Å². The van der Waals surface area contributed by atoms with Crippen LogP contribution in [0.15, 0.2) is 94.7 Å². The van der Waals surface area contributed by atoms with E-state index in [1.165, 1.54) is 60.7 Å². The highest BCUT2D eigenvalue weighted by Crippen LogP contribution is 2.44. The maximum absolute atomic E-state index is 14.2. The zero-order valence-electron chi connectivity index (χ0n) is 17.9. The molecule has 0 saturated heterocycles. The molecule has 10 heteroatoms. The average Bonchev–Trinajstić information content (AvgIpc) is 3.00. The van der Waals surface area contributed by atoms with Gasteiger partial charge in [-0.3, -0.25) is 0 Å². The molecule has 180 valence electrons. The smallest absolute Gasteiger partial charge is 0.206 e. The minimum Gasteiger partial charge on any atom is -0.206 e. The first-order valence-corrected chi connectivity index (χ1v) is 13.4. The van der Waals surface area contributed by atoms with Crippen LogP contribution in [-0.2, 0) is 26.5 Å². The predicted molar refractivity (Wildman–Crippen MR) is 121 cm³/mol. The van der Waals surface area contributed by atoms with E-state index >= 15 is 0 Å². The lowest BCUT2D eigenvalue weighted by molar-refractivity contribution is -0.153. The summed E-state index contributed by atoms with van der Waals surface area (Å²) in [5, 5.41) is 0. The Kier molecular flexibility index (Phi) is 6.58. The lowest BCUT2D eigenvalue weighted by Gasteiger charge is -2.32. The van der Waals surface area contributed by atoms with Crippen molar-refractivity contribution in [2.75, 3.05) is 0 Å². The van der Waals surface area contributed by atoms with Crippen molar-refractivity contribution in [1.82, 2.24) is 3.71 Å². The highest BCUT2D eigenvalue weighted by atomic mass is 32.3. The van der Waals surface area contributed by atoms with Crippen molar-refractivity contribution in [3.05, 3.63) is 96.1 Å². The van der Waals surface area contributed by atoms with Crippen LogP contribution in [0, 0.1) is 0 Å². The molecule has 1 aliphatic carbocycles. The van der Waals surface area contributed by atoms with Crippen LogP contribution in [-0.4, -0.2) is 32.8 Å². The van der Waals surface area contributed by atoms with Gasteiger partial charge in [0.2, 0.25) is 0 Å². The predicted octanol–water partition coefficient (Wildman–Crippen LogP) is 5.12. The molecule has 0 radical (unpaired) electrons. The molecule has 0 fully saturated rings. The maximum atomic E-state index is 14.2. The molecular formula is C24H22F3NO4S2. The maximum Gasteiger partial charge on any atom is 0.395 e. The van der Waals surface area contributed by atoms with Crippen LogP contribution in [0.4, 0.5) is 13.2 Å². The molecule has 0 N–H and O–H groups in total. The Hall–Kier alpha value is -2.69. The molecule has 4 rings (SSSR count). The zero-order valence-corrected chi connectivity index (χ0v) is 19.5. The van der Waals surface area contributed by atoms with Gasteiger partial charge in [-0.2, -0.15) is 13.2 Å². The summed E-state index contributed by atoms with van der Waals surface area (Å²) in [6.45, 7) is 0. The third kappa shape index (κ3) is 4.62. The summed E-state index contributed by atoms with van der Waals surface area (Å²) in [5.74, 6) is -2.00. The average molecular weight is 510 g/mol. The Morgan fingerprint density at radius 1 is 0.706 bits per heavy atom. The normalized spacial score (nSPS) is 19.4. The van der Waals surface area contributed by atoms with Crippen molar-refractivity contribution in [2.24, 2.45) is 0 Å². The first-order valence-electron chi connectivity index (χ1n) is 10.6. The fourth-order valence-electron chi connectivity index (χ4n) is 4.36. The van der Waals surface area contributed by atoms with Crippen molar-refractivity contribution < 1.29 is 30.0 Å². The van der Waals surface area contributed by atoms with E-state index in [9.17, 15) is 30.0 Å². The van der Waals surface area contributed by atoms with E-state index in [0.717, 1.165) is 0 Å². The Morgan fingerprint density at radius 3 is 1.68 bits per heavy atom. The number of nitrogens with zero attached hydrogens (tertiary/aromatic N) is 1. The topological polar surface area (TPSA) is 71.5 Å². The number of benzene rings is 3. The number of aryl methyl sites for hydroxylation is 1. The summed E-state index contributed by atoms with van der Waals surface area (Å²) in [6, 6.07) is 18.4. The van der Waals surface area contributed by atoms with Crippen molar-refractivity contribution in [3.63, 3.8) is 0 Å². The fraction of sp³-hybridized carbons (Fsp3) is 0.250. The number of rotatable bonds is 5. The van der Waals surface area contributed by atoms with Gasteiger partial charge in [-0.15, -0.1) is 0 Å². The number of alkyl halides is 3.